The van der Waals surface area contributed by atoms with Gasteiger partial charge in [-0.25, -0.2) is 9.78 Å². The van der Waals surface area contributed by atoms with Crippen LogP contribution in [0.4, 0.5) is 4.79 Å². The summed E-state index contributed by atoms with van der Waals surface area (Å²) in [7, 11) is 0. The maximum atomic E-state index is 12.3. The van der Waals surface area contributed by atoms with Crippen LogP contribution in [-0.4, -0.2) is 39.1 Å². The number of hydrogen-bond acceptors (Lipinski definition) is 3. The van der Waals surface area contributed by atoms with Crippen LogP contribution >= 0.6 is 0 Å². The molecule has 0 aliphatic carbocycles. The van der Waals surface area contributed by atoms with Crippen molar-refractivity contribution in [1.82, 2.24) is 14.3 Å². The largest absolute Gasteiger partial charge is 0.444 e. The summed E-state index contributed by atoms with van der Waals surface area (Å²) in [6, 6.07) is 14.6. The molecule has 1 aliphatic heterocycles. The summed E-state index contributed by atoms with van der Waals surface area (Å²) < 4.78 is 7.71. The Morgan fingerprint density at radius 2 is 1.75 bits per heavy atom. The number of benzene rings is 1. The first-order valence-corrected chi connectivity index (χ1v) is 9.91. The maximum Gasteiger partial charge on any atom is 0.410 e. The van der Waals surface area contributed by atoms with Crippen LogP contribution in [0.3, 0.4) is 0 Å². The molecule has 146 valence electrons. The zero-order valence-corrected chi connectivity index (χ0v) is 16.8. The Balaban J connectivity index is 1.52. The van der Waals surface area contributed by atoms with E-state index in [1.165, 1.54) is 16.8 Å². The number of ether oxygens (including phenoxy) is 1. The van der Waals surface area contributed by atoms with Gasteiger partial charge >= 0.3 is 6.09 Å². The van der Waals surface area contributed by atoms with E-state index in [4.69, 9.17) is 4.74 Å². The molecule has 5 heteroatoms. The maximum absolute atomic E-state index is 12.3. The zero-order valence-electron chi connectivity index (χ0n) is 16.8. The van der Waals surface area contributed by atoms with Crippen molar-refractivity contribution in [1.29, 1.82) is 0 Å². The predicted octanol–water partition coefficient (Wildman–Crippen LogP) is 5.12. The topological polar surface area (TPSA) is 46.8 Å². The van der Waals surface area contributed by atoms with Crippen LogP contribution in [-0.2, 0) is 4.74 Å². The molecule has 1 aromatic carbocycles. The standard InChI is InChI=1S/C23H27N3O2/c1-23(2,3)28-22(27)25-13-11-18(12-14-25)20-15-24-21-10-9-19(16-26(20)21)17-7-5-4-6-8-17/h4-10,15-16,18H,11-14H2,1-3H3. The van der Waals surface area contributed by atoms with Gasteiger partial charge in [-0.2, -0.15) is 0 Å². The molecule has 5 nitrogen and oxygen atoms in total. The minimum atomic E-state index is -0.455. The van der Waals surface area contributed by atoms with Gasteiger partial charge in [0.2, 0.25) is 0 Å². The van der Waals surface area contributed by atoms with Crippen molar-refractivity contribution in [3.05, 3.63) is 60.6 Å². The molecular formula is C23H27N3O2. The smallest absolute Gasteiger partial charge is 0.410 e. The van der Waals surface area contributed by atoms with E-state index in [0.29, 0.717) is 19.0 Å². The second-order valence-corrected chi connectivity index (χ2v) is 8.44. The molecule has 0 unspecified atom stereocenters. The number of piperidine rings is 1. The molecule has 2 aromatic heterocycles. The molecule has 0 radical (unpaired) electrons. The predicted molar refractivity (Wildman–Crippen MR) is 110 cm³/mol. The molecule has 1 fully saturated rings. The second-order valence-electron chi connectivity index (χ2n) is 8.44. The number of nitrogens with zero attached hydrogens (tertiary/aromatic N) is 3. The normalized spacial score (nSPS) is 15.8. The van der Waals surface area contributed by atoms with Gasteiger partial charge < -0.3 is 14.0 Å². The molecular weight excluding hydrogens is 350 g/mol. The van der Waals surface area contributed by atoms with E-state index in [0.717, 1.165) is 18.5 Å². The number of pyridine rings is 1. The molecule has 0 spiro atoms. The highest BCUT2D eigenvalue weighted by Gasteiger charge is 2.28. The van der Waals surface area contributed by atoms with Gasteiger partial charge in [0.1, 0.15) is 11.2 Å². The van der Waals surface area contributed by atoms with Gasteiger partial charge in [-0.1, -0.05) is 30.3 Å². The van der Waals surface area contributed by atoms with E-state index in [1.807, 2.05) is 37.9 Å². The van der Waals surface area contributed by atoms with Gasteiger partial charge in [-0.15, -0.1) is 0 Å². The molecule has 3 heterocycles. The number of rotatable bonds is 2. The molecule has 1 amide bonds. The van der Waals surface area contributed by atoms with Crippen LogP contribution < -0.4 is 0 Å². The van der Waals surface area contributed by atoms with E-state index in [9.17, 15) is 4.79 Å². The first-order valence-electron chi connectivity index (χ1n) is 9.91. The average Bonchev–Trinajstić information content (AvgIpc) is 3.10. The Bertz CT molecular complexity index is 964. The molecule has 1 aliphatic rings. The van der Waals surface area contributed by atoms with Gasteiger partial charge in [0.15, 0.2) is 0 Å². The van der Waals surface area contributed by atoms with E-state index in [1.54, 1.807) is 0 Å². The van der Waals surface area contributed by atoms with Crippen molar-refractivity contribution in [2.24, 2.45) is 0 Å². The minimum Gasteiger partial charge on any atom is -0.444 e. The highest BCUT2D eigenvalue weighted by Crippen LogP contribution is 2.30. The Hall–Kier alpha value is -2.82. The van der Waals surface area contributed by atoms with E-state index >= 15 is 0 Å². The Kier molecular flexibility index (Phi) is 4.84. The minimum absolute atomic E-state index is 0.213. The lowest BCUT2D eigenvalue weighted by Crippen LogP contribution is -2.41. The van der Waals surface area contributed by atoms with Gasteiger partial charge in [0.05, 0.1) is 0 Å². The lowest BCUT2D eigenvalue weighted by Gasteiger charge is -2.33. The highest BCUT2D eigenvalue weighted by molar-refractivity contribution is 5.68. The summed E-state index contributed by atoms with van der Waals surface area (Å²) in [4.78, 5) is 18.7. The Morgan fingerprint density at radius 1 is 1.04 bits per heavy atom. The van der Waals surface area contributed by atoms with Crippen molar-refractivity contribution >= 4 is 11.7 Å². The molecule has 0 saturated carbocycles. The fourth-order valence-electron chi connectivity index (χ4n) is 3.79. The van der Waals surface area contributed by atoms with Crippen LogP contribution in [0.2, 0.25) is 0 Å². The van der Waals surface area contributed by atoms with Crippen LogP contribution in [0.1, 0.15) is 45.2 Å². The molecule has 0 N–H and O–H groups in total. The number of likely N-dealkylation sites (tertiary alicyclic amines) is 1. The van der Waals surface area contributed by atoms with E-state index in [-0.39, 0.29) is 6.09 Å². The third-order valence-corrected chi connectivity index (χ3v) is 5.21. The second kappa shape index (κ2) is 7.30. The first kappa shape index (κ1) is 18.5. The van der Waals surface area contributed by atoms with Crippen molar-refractivity contribution in [3.63, 3.8) is 0 Å². The monoisotopic (exact) mass is 377 g/mol. The average molecular weight is 377 g/mol. The lowest BCUT2D eigenvalue weighted by atomic mass is 9.94. The number of hydrogen-bond donors (Lipinski definition) is 0. The summed E-state index contributed by atoms with van der Waals surface area (Å²) in [5.74, 6) is 0.389. The van der Waals surface area contributed by atoms with E-state index < -0.39 is 5.60 Å². The van der Waals surface area contributed by atoms with Crippen LogP contribution in [0.25, 0.3) is 16.8 Å². The van der Waals surface area contributed by atoms with Crippen molar-refractivity contribution < 1.29 is 9.53 Å². The molecule has 4 rings (SSSR count). The van der Waals surface area contributed by atoms with Crippen molar-refractivity contribution in [2.45, 2.75) is 45.1 Å². The number of aromatic nitrogens is 2. The third-order valence-electron chi connectivity index (χ3n) is 5.21. The van der Waals surface area contributed by atoms with Crippen molar-refractivity contribution in [2.75, 3.05) is 13.1 Å². The Morgan fingerprint density at radius 3 is 2.43 bits per heavy atom. The van der Waals surface area contributed by atoms with Crippen LogP contribution in [0, 0.1) is 0 Å². The summed E-state index contributed by atoms with van der Waals surface area (Å²) >= 11 is 0. The molecule has 3 aromatic rings. The third kappa shape index (κ3) is 3.88. The van der Waals surface area contributed by atoms with Gasteiger partial charge in [0.25, 0.3) is 0 Å². The molecule has 1 saturated heterocycles. The van der Waals surface area contributed by atoms with Crippen LogP contribution in [0.5, 0.6) is 0 Å². The fourth-order valence-corrected chi connectivity index (χ4v) is 3.79. The van der Waals surface area contributed by atoms with Crippen molar-refractivity contribution in [3.8, 4) is 11.1 Å². The number of carbonyl (C=O) groups excluding carboxylic acids is 1. The van der Waals surface area contributed by atoms with Gasteiger partial charge in [-0.05, 0) is 56.9 Å². The van der Waals surface area contributed by atoms with Gasteiger partial charge in [-0.3, -0.25) is 0 Å². The van der Waals surface area contributed by atoms with Gasteiger partial charge in [0, 0.05) is 37.1 Å². The summed E-state index contributed by atoms with van der Waals surface area (Å²) in [6.07, 6.45) is 5.78. The number of fused-ring (bicyclic) bond motifs is 1. The number of carbonyl (C=O) groups is 1. The SMILES string of the molecule is CC(C)(C)OC(=O)N1CCC(c2cnc3ccc(-c4ccccc4)cn23)CC1. The lowest BCUT2D eigenvalue weighted by molar-refractivity contribution is 0.0204. The first-order chi connectivity index (χ1) is 13.4. The van der Waals surface area contributed by atoms with Crippen LogP contribution in [0.15, 0.2) is 54.9 Å². The number of amides is 1. The molecule has 0 atom stereocenters. The molecule has 28 heavy (non-hydrogen) atoms. The van der Waals surface area contributed by atoms with E-state index in [2.05, 4.69) is 52.0 Å². The highest BCUT2D eigenvalue weighted by atomic mass is 16.6. The summed E-state index contributed by atoms with van der Waals surface area (Å²) in [6.45, 7) is 7.14. The summed E-state index contributed by atoms with van der Waals surface area (Å²) in [5, 5.41) is 0. The Labute approximate surface area is 166 Å². The molecule has 0 bridgehead atoms. The quantitative estimate of drug-likeness (QED) is 0.623. The number of imidazole rings is 1. The summed E-state index contributed by atoms with van der Waals surface area (Å²) in [5.41, 5.74) is 4.10. The fraction of sp³-hybridized carbons (Fsp3) is 0.391. The zero-order chi connectivity index (χ0) is 19.7.